The Morgan fingerprint density at radius 1 is 1.29 bits per heavy atom. The summed E-state index contributed by atoms with van der Waals surface area (Å²) in [6.07, 6.45) is 0. The van der Waals surface area contributed by atoms with Crippen molar-refractivity contribution in [2.75, 3.05) is 0 Å². The maximum atomic E-state index is 12.2. The fraction of sp³-hybridized carbons (Fsp3) is 0.125. The van der Waals surface area contributed by atoms with Crippen LogP contribution in [0.25, 0.3) is 21.6 Å². The third-order valence-corrected chi connectivity index (χ3v) is 4.27. The van der Waals surface area contributed by atoms with Gasteiger partial charge >= 0.3 is 5.97 Å². The van der Waals surface area contributed by atoms with Gasteiger partial charge in [-0.05, 0) is 36.1 Å². The Morgan fingerprint density at radius 2 is 2.10 bits per heavy atom. The minimum atomic E-state index is -0.922. The first-order chi connectivity index (χ1) is 10.1. The maximum absolute atomic E-state index is 12.2. The summed E-state index contributed by atoms with van der Waals surface area (Å²) in [5, 5.41) is 11.4. The van der Waals surface area contributed by atoms with Crippen molar-refractivity contribution in [3.63, 3.8) is 0 Å². The Kier molecular flexibility index (Phi) is 3.35. The smallest absolute Gasteiger partial charge is 0.310 e. The molecule has 0 saturated carbocycles. The molecule has 0 saturated heterocycles. The van der Waals surface area contributed by atoms with Crippen molar-refractivity contribution in [1.82, 2.24) is 0 Å². The van der Waals surface area contributed by atoms with Gasteiger partial charge in [-0.25, -0.2) is 0 Å². The van der Waals surface area contributed by atoms with Gasteiger partial charge in [0, 0.05) is 6.07 Å². The molecule has 2 aromatic heterocycles. The molecule has 0 aliphatic heterocycles. The Bertz CT molecular complexity index is 862. The van der Waals surface area contributed by atoms with E-state index in [-0.39, 0.29) is 5.43 Å². The molecular weight excluding hydrogens is 288 g/mol. The molecule has 0 spiro atoms. The average molecular weight is 300 g/mol. The van der Waals surface area contributed by atoms with Crippen LogP contribution in [0.1, 0.15) is 18.4 Å². The SMILES string of the molecule is CC(C(=O)O)c1ccc2oc(-c3cccs3)cc(=O)c2c1. The summed E-state index contributed by atoms with van der Waals surface area (Å²) in [7, 11) is 0. The zero-order valence-corrected chi connectivity index (χ0v) is 12.0. The lowest BCUT2D eigenvalue weighted by molar-refractivity contribution is -0.138. The summed E-state index contributed by atoms with van der Waals surface area (Å²) in [5.74, 6) is -1.05. The van der Waals surface area contributed by atoms with E-state index < -0.39 is 11.9 Å². The Balaban J connectivity index is 2.16. The Morgan fingerprint density at radius 3 is 2.76 bits per heavy atom. The maximum Gasteiger partial charge on any atom is 0.310 e. The molecule has 3 rings (SSSR count). The van der Waals surface area contributed by atoms with Crippen LogP contribution >= 0.6 is 11.3 Å². The minimum absolute atomic E-state index is 0.168. The first kappa shape index (κ1) is 13.6. The molecule has 0 fully saturated rings. The third-order valence-electron chi connectivity index (χ3n) is 3.39. The molecule has 2 heterocycles. The average Bonchev–Trinajstić information content (AvgIpc) is 3.00. The van der Waals surface area contributed by atoms with E-state index in [4.69, 9.17) is 9.52 Å². The summed E-state index contributed by atoms with van der Waals surface area (Å²) in [4.78, 5) is 24.2. The number of thiophene rings is 1. The normalized spacial score (nSPS) is 12.4. The third kappa shape index (κ3) is 2.48. The minimum Gasteiger partial charge on any atom is -0.481 e. The largest absolute Gasteiger partial charge is 0.481 e. The van der Waals surface area contributed by atoms with E-state index >= 15 is 0 Å². The van der Waals surface area contributed by atoms with Crippen LogP contribution < -0.4 is 5.43 Å². The molecule has 106 valence electrons. The van der Waals surface area contributed by atoms with Crippen LogP contribution in [-0.2, 0) is 4.79 Å². The molecule has 4 nitrogen and oxygen atoms in total. The highest BCUT2D eigenvalue weighted by Gasteiger charge is 2.15. The zero-order valence-electron chi connectivity index (χ0n) is 11.2. The summed E-state index contributed by atoms with van der Waals surface area (Å²) in [5.41, 5.74) is 0.887. The van der Waals surface area contributed by atoms with Crippen molar-refractivity contribution in [3.05, 3.63) is 57.6 Å². The summed E-state index contributed by atoms with van der Waals surface area (Å²) < 4.78 is 5.75. The van der Waals surface area contributed by atoms with Gasteiger partial charge in [0.15, 0.2) is 5.43 Å². The van der Waals surface area contributed by atoms with Crippen molar-refractivity contribution in [3.8, 4) is 10.6 Å². The molecule has 21 heavy (non-hydrogen) atoms. The van der Waals surface area contributed by atoms with Crippen LogP contribution in [0.3, 0.4) is 0 Å². The first-order valence-electron chi connectivity index (χ1n) is 6.41. The van der Waals surface area contributed by atoms with Crippen molar-refractivity contribution in [1.29, 1.82) is 0 Å². The predicted octanol–water partition coefficient (Wildman–Crippen LogP) is 3.71. The Labute approximate surface area is 124 Å². The molecule has 0 bridgehead atoms. The molecule has 0 aliphatic carbocycles. The van der Waals surface area contributed by atoms with Gasteiger partial charge in [0.1, 0.15) is 11.3 Å². The van der Waals surface area contributed by atoms with Gasteiger partial charge in [0.2, 0.25) is 0 Å². The second kappa shape index (κ2) is 5.18. The lowest BCUT2D eigenvalue weighted by Crippen LogP contribution is -2.08. The summed E-state index contributed by atoms with van der Waals surface area (Å²) in [6.45, 7) is 1.59. The number of hydrogen-bond acceptors (Lipinski definition) is 4. The van der Waals surface area contributed by atoms with Crippen molar-refractivity contribution >= 4 is 28.3 Å². The standard InChI is InChI=1S/C16H12O4S/c1-9(16(18)19)10-4-5-13-11(7-10)12(17)8-14(20-13)15-3-2-6-21-15/h2-9H,1H3,(H,18,19). The fourth-order valence-corrected chi connectivity index (χ4v) is 2.80. The number of carboxylic acid groups (broad SMARTS) is 1. The van der Waals surface area contributed by atoms with Crippen LogP contribution in [0.15, 0.2) is 51.0 Å². The van der Waals surface area contributed by atoms with E-state index in [1.165, 1.54) is 17.4 Å². The molecular formula is C16H12O4S. The first-order valence-corrected chi connectivity index (χ1v) is 7.29. The monoisotopic (exact) mass is 300 g/mol. The van der Waals surface area contributed by atoms with E-state index in [9.17, 15) is 9.59 Å². The van der Waals surface area contributed by atoms with Crippen molar-refractivity contribution in [2.24, 2.45) is 0 Å². The van der Waals surface area contributed by atoms with Crippen LogP contribution in [0, 0.1) is 0 Å². The Hall–Kier alpha value is -2.40. The highest BCUT2D eigenvalue weighted by Crippen LogP contribution is 2.27. The highest BCUT2D eigenvalue weighted by molar-refractivity contribution is 7.13. The van der Waals surface area contributed by atoms with Crippen LogP contribution in [0.4, 0.5) is 0 Å². The predicted molar refractivity (Wildman–Crippen MR) is 81.8 cm³/mol. The number of aliphatic carboxylic acids is 1. The molecule has 0 aliphatic rings. The van der Waals surface area contributed by atoms with Gasteiger partial charge in [-0.3, -0.25) is 9.59 Å². The zero-order chi connectivity index (χ0) is 15.0. The molecule has 1 atom stereocenters. The quantitative estimate of drug-likeness (QED) is 0.800. The van der Waals surface area contributed by atoms with Crippen LogP contribution in [-0.4, -0.2) is 11.1 Å². The van der Waals surface area contributed by atoms with Gasteiger partial charge < -0.3 is 9.52 Å². The van der Waals surface area contributed by atoms with Gasteiger partial charge in [0.25, 0.3) is 0 Å². The number of hydrogen-bond donors (Lipinski definition) is 1. The molecule has 1 aromatic carbocycles. The molecule has 5 heteroatoms. The van der Waals surface area contributed by atoms with E-state index in [2.05, 4.69) is 0 Å². The molecule has 0 radical (unpaired) electrons. The van der Waals surface area contributed by atoms with Crippen LogP contribution in [0.2, 0.25) is 0 Å². The molecule has 1 unspecified atom stereocenters. The fourth-order valence-electron chi connectivity index (χ4n) is 2.13. The van der Waals surface area contributed by atoms with Gasteiger partial charge in [0.05, 0.1) is 16.2 Å². The van der Waals surface area contributed by atoms with Gasteiger partial charge in [-0.15, -0.1) is 11.3 Å². The van der Waals surface area contributed by atoms with E-state index in [1.807, 2.05) is 17.5 Å². The van der Waals surface area contributed by atoms with E-state index in [0.29, 0.717) is 22.3 Å². The number of carbonyl (C=O) groups is 1. The van der Waals surface area contributed by atoms with Crippen LogP contribution in [0.5, 0.6) is 0 Å². The topological polar surface area (TPSA) is 67.5 Å². The number of carboxylic acids is 1. The van der Waals surface area contributed by atoms with Crippen molar-refractivity contribution in [2.45, 2.75) is 12.8 Å². The molecule has 3 aromatic rings. The summed E-state index contributed by atoms with van der Waals surface area (Å²) in [6, 6.07) is 10.2. The molecule has 1 N–H and O–H groups in total. The summed E-state index contributed by atoms with van der Waals surface area (Å²) >= 11 is 1.49. The lowest BCUT2D eigenvalue weighted by Gasteiger charge is -2.07. The second-order valence-electron chi connectivity index (χ2n) is 4.77. The van der Waals surface area contributed by atoms with Crippen molar-refractivity contribution < 1.29 is 14.3 Å². The number of rotatable bonds is 3. The highest BCUT2D eigenvalue weighted by atomic mass is 32.1. The lowest BCUT2D eigenvalue weighted by atomic mass is 9.99. The number of benzene rings is 1. The number of fused-ring (bicyclic) bond motifs is 1. The second-order valence-corrected chi connectivity index (χ2v) is 5.72. The van der Waals surface area contributed by atoms with Gasteiger partial charge in [-0.1, -0.05) is 12.1 Å². The van der Waals surface area contributed by atoms with E-state index in [0.717, 1.165) is 4.88 Å². The molecule has 0 amide bonds. The van der Waals surface area contributed by atoms with Gasteiger partial charge in [-0.2, -0.15) is 0 Å². The van der Waals surface area contributed by atoms with E-state index in [1.54, 1.807) is 25.1 Å².